The molecule has 11 heteroatoms. The molecule has 0 aromatic heterocycles. The molecule has 0 N–H and O–H groups in total. The van der Waals surface area contributed by atoms with Gasteiger partial charge in [-0.25, -0.2) is 19.2 Å². The van der Waals surface area contributed by atoms with Crippen LogP contribution in [0.15, 0.2) is 48.6 Å². The first kappa shape index (κ1) is 39.3. The fourth-order valence-corrected chi connectivity index (χ4v) is 3.12. The quantitative estimate of drug-likeness (QED) is 0.104. The van der Waals surface area contributed by atoms with E-state index in [1.54, 1.807) is 13.8 Å². The Balaban J connectivity index is 5.47. The van der Waals surface area contributed by atoms with Crippen molar-refractivity contribution in [2.75, 3.05) is 46.2 Å². The Kier molecular flexibility index (Phi) is 17.1. The zero-order chi connectivity index (χ0) is 33.4. The van der Waals surface area contributed by atoms with Crippen LogP contribution in [0.5, 0.6) is 0 Å². The largest absolute Gasteiger partial charge is 0.465 e. The SMILES string of the molecule is C=C(C)C(=O)OCC(CC)(COCC(C)C(=O)OCC(CC)(COC(=O)C(=C)C)COC(=O)C(=C)C)COC(=O)C(=C)C. The molecule has 11 nitrogen and oxygen atoms in total. The second-order valence-corrected chi connectivity index (χ2v) is 11.2. The molecule has 0 saturated carbocycles. The van der Waals surface area contributed by atoms with Gasteiger partial charge in [0.2, 0.25) is 0 Å². The van der Waals surface area contributed by atoms with Gasteiger partial charge in [0.15, 0.2) is 0 Å². The molecular weight excluding hydrogens is 560 g/mol. The maximum Gasteiger partial charge on any atom is 0.333 e. The average molecular weight is 609 g/mol. The van der Waals surface area contributed by atoms with Crippen LogP contribution in [-0.4, -0.2) is 76.1 Å². The molecule has 0 amide bonds. The number of ether oxygens (including phenoxy) is 6. The number of carbonyl (C=O) groups is 5. The Bertz CT molecular complexity index is 1010. The predicted octanol–water partition coefficient (Wildman–Crippen LogP) is 4.45. The molecule has 1 atom stereocenters. The van der Waals surface area contributed by atoms with Crippen molar-refractivity contribution in [3.63, 3.8) is 0 Å². The van der Waals surface area contributed by atoms with E-state index in [1.807, 2.05) is 6.92 Å². The molecule has 0 radical (unpaired) electrons. The summed E-state index contributed by atoms with van der Waals surface area (Å²) in [5.41, 5.74) is -1.08. The van der Waals surface area contributed by atoms with Crippen LogP contribution >= 0.6 is 0 Å². The van der Waals surface area contributed by atoms with Crippen LogP contribution in [0.4, 0.5) is 0 Å². The first-order valence-corrected chi connectivity index (χ1v) is 14.0. The number of hydrogen-bond acceptors (Lipinski definition) is 11. The fraction of sp³-hybridized carbons (Fsp3) is 0.594. The molecule has 0 saturated heterocycles. The van der Waals surface area contributed by atoms with Crippen LogP contribution in [0.2, 0.25) is 0 Å². The summed E-state index contributed by atoms with van der Waals surface area (Å²) in [6, 6.07) is 0. The van der Waals surface area contributed by atoms with Crippen molar-refractivity contribution >= 4 is 29.8 Å². The van der Waals surface area contributed by atoms with Crippen LogP contribution in [0, 0.1) is 16.7 Å². The highest BCUT2D eigenvalue weighted by molar-refractivity contribution is 5.88. The van der Waals surface area contributed by atoms with Crippen molar-refractivity contribution in [3.8, 4) is 0 Å². The highest BCUT2D eigenvalue weighted by Gasteiger charge is 2.36. The molecular formula is C32H48O11. The number of hydrogen-bond donors (Lipinski definition) is 0. The fourth-order valence-electron chi connectivity index (χ4n) is 3.12. The summed E-state index contributed by atoms with van der Waals surface area (Å²) in [6.07, 6.45) is 0.770. The van der Waals surface area contributed by atoms with E-state index in [-0.39, 0.29) is 68.5 Å². The molecule has 242 valence electrons. The third-order valence-corrected chi connectivity index (χ3v) is 6.63. The maximum atomic E-state index is 12.9. The van der Waals surface area contributed by atoms with Crippen molar-refractivity contribution < 1.29 is 52.4 Å². The number of rotatable bonds is 21. The molecule has 0 bridgehead atoms. The number of carbonyl (C=O) groups excluding carboxylic acids is 5. The Morgan fingerprint density at radius 1 is 0.535 bits per heavy atom. The zero-order valence-electron chi connectivity index (χ0n) is 26.8. The Labute approximate surface area is 255 Å². The Hall–Kier alpha value is -3.73. The van der Waals surface area contributed by atoms with Gasteiger partial charge in [-0.3, -0.25) is 4.79 Å². The minimum atomic E-state index is -1.01. The molecule has 0 fully saturated rings. The van der Waals surface area contributed by atoms with E-state index in [4.69, 9.17) is 28.4 Å². The molecule has 0 aliphatic carbocycles. The second-order valence-electron chi connectivity index (χ2n) is 11.2. The first-order valence-electron chi connectivity index (χ1n) is 14.0. The minimum absolute atomic E-state index is 0.000665. The molecule has 0 spiro atoms. The third kappa shape index (κ3) is 14.3. The van der Waals surface area contributed by atoms with Gasteiger partial charge in [0.05, 0.1) is 30.0 Å². The van der Waals surface area contributed by atoms with Crippen molar-refractivity contribution in [3.05, 3.63) is 48.6 Å². The molecule has 43 heavy (non-hydrogen) atoms. The summed E-state index contributed by atoms with van der Waals surface area (Å²) in [4.78, 5) is 61.0. The minimum Gasteiger partial charge on any atom is -0.465 e. The summed E-state index contributed by atoms with van der Waals surface area (Å²) in [5.74, 6) is -3.76. The Morgan fingerprint density at radius 3 is 1.09 bits per heavy atom. The van der Waals surface area contributed by atoms with Crippen LogP contribution in [-0.2, 0) is 52.4 Å². The van der Waals surface area contributed by atoms with Gasteiger partial charge in [0.25, 0.3) is 0 Å². The molecule has 0 aromatic rings. The van der Waals surface area contributed by atoms with Gasteiger partial charge in [0.1, 0.15) is 33.0 Å². The van der Waals surface area contributed by atoms with E-state index >= 15 is 0 Å². The zero-order valence-corrected chi connectivity index (χ0v) is 26.8. The van der Waals surface area contributed by atoms with Gasteiger partial charge in [-0.05, 0) is 47.5 Å². The van der Waals surface area contributed by atoms with Gasteiger partial charge >= 0.3 is 29.8 Å². The average Bonchev–Trinajstić information content (AvgIpc) is 2.96. The van der Waals surface area contributed by atoms with E-state index in [0.717, 1.165) is 0 Å². The van der Waals surface area contributed by atoms with Crippen molar-refractivity contribution in [1.82, 2.24) is 0 Å². The smallest absolute Gasteiger partial charge is 0.333 e. The number of esters is 5. The molecule has 0 aromatic carbocycles. The summed E-state index contributed by atoms with van der Waals surface area (Å²) in [6.45, 7) is 24.7. The standard InChI is InChI=1S/C32H48O11/c1-12-31(16-39-26(33)21(3)4,17-40-27(34)22(5)6)15-38-14-25(11)30(37)43-20-32(13-2,18-41-28(35)23(7)8)19-42-29(36)24(9)10/h25H,3,5,7,9,12-20H2,1-2,4,6,8,10-11H3. The van der Waals surface area contributed by atoms with E-state index in [1.165, 1.54) is 27.7 Å². The van der Waals surface area contributed by atoms with Crippen LogP contribution < -0.4 is 0 Å². The van der Waals surface area contributed by atoms with Gasteiger partial charge in [-0.2, -0.15) is 0 Å². The van der Waals surface area contributed by atoms with Gasteiger partial charge in [0, 0.05) is 22.3 Å². The lowest BCUT2D eigenvalue weighted by Crippen LogP contribution is -2.40. The van der Waals surface area contributed by atoms with Gasteiger partial charge in [-0.15, -0.1) is 0 Å². The van der Waals surface area contributed by atoms with Gasteiger partial charge < -0.3 is 28.4 Å². The lowest BCUT2D eigenvalue weighted by atomic mass is 9.87. The third-order valence-electron chi connectivity index (χ3n) is 6.63. The van der Waals surface area contributed by atoms with E-state index in [0.29, 0.717) is 12.8 Å². The maximum absolute atomic E-state index is 12.9. The van der Waals surface area contributed by atoms with E-state index < -0.39 is 46.6 Å². The summed E-state index contributed by atoms with van der Waals surface area (Å²) >= 11 is 0. The molecule has 0 rings (SSSR count). The monoisotopic (exact) mass is 608 g/mol. The van der Waals surface area contributed by atoms with Crippen LogP contribution in [0.3, 0.4) is 0 Å². The molecule has 0 aliphatic heterocycles. The molecule has 0 aliphatic rings. The van der Waals surface area contributed by atoms with Crippen molar-refractivity contribution in [2.24, 2.45) is 16.7 Å². The lowest BCUT2D eigenvalue weighted by molar-refractivity contribution is -0.163. The van der Waals surface area contributed by atoms with Gasteiger partial charge in [-0.1, -0.05) is 40.2 Å². The lowest BCUT2D eigenvalue weighted by Gasteiger charge is -2.32. The predicted molar refractivity (Wildman–Crippen MR) is 159 cm³/mol. The summed E-state index contributed by atoms with van der Waals surface area (Å²) < 4.78 is 32.7. The van der Waals surface area contributed by atoms with Crippen molar-refractivity contribution in [1.29, 1.82) is 0 Å². The Morgan fingerprint density at radius 2 is 0.814 bits per heavy atom. The van der Waals surface area contributed by atoms with Crippen molar-refractivity contribution in [2.45, 2.75) is 61.3 Å². The highest BCUT2D eigenvalue weighted by Crippen LogP contribution is 2.27. The first-order chi connectivity index (χ1) is 19.9. The van der Waals surface area contributed by atoms with Crippen LogP contribution in [0.1, 0.15) is 61.3 Å². The second kappa shape index (κ2) is 18.7. The normalized spacial score (nSPS) is 11.9. The molecule has 0 heterocycles. The summed E-state index contributed by atoms with van der Waals surface area (Å²) in [7, 11) is 0. The topological polar surface area (TPSA) is 141 Å². The molecule has 1 unspecified atom stereocenters. The highest BCUT2D eigenvalue weighted by atomic mass is 16.6. The van der Waals surface area contributed by atoms with Crippen LogP contribution in [0.25, 0.3) is 0 Å². The van der Waals surface area contributed by atoms with E-state index in [2.05, 4.69) is 26.3 Å². The van der Waals surface area contributed by atoms with E-state index in [9.17, 15) is 24.0 Å². The summed E-state index contributed by atoms with van der Waals surface area (Å²) in [5, 5.41) is 0.